The van der Waals surface area contributed by atoms with Crippen LogP contribution in [0.25, 0.3) is 0 Å². The zero-order chi connectivity index (χ0) is 7.56. The number of rotatable bonds is 2. The van der Waals surface area contributed by atoms with Crippen LogP contribution in [0.4, 0.5) is 4.39 Å². The molecule has 0 aromatic rings. The first-order chi connectivity index (χ1) is 4.74. The van der Waals surface area contributed by atoms with Gasteiger partial charge in [-0.25, -0.2) is 4.39 Å². The number of nitrogens with zero attached hydrogens (tertiary/aromatic N) is 1. The number of carbonyl (C=O) groups is 1. The van der Waals surface area contributed by atoms with Crippen molar-refractivity contribution in [1.82, 2.24) is 4.81 Å². The van der Waals surface area contributed by atoms with Crippen LogP contribution in [0.15, 0.2) is 0 Å². The number of carbonyl (C=O) groups excluding carboxylic acids is 1. The fraction of sp³-hybridized carbons (Fsp3) is 0.800. The van der Waals surface area contributed by atoms with Crippen LogP contribution >= 0.6 is 0 Å². The lowest BCUT2D eigenvalue weighted by Gasteiger charge is -2.07. The first-order valence-corrected chi connectivity index (χ1v) is 3.29. The van der Waals surface area contributed by atoms with Gasteiger partial charge in [0.1, 0.15) is 6.17 Å². The molecule has 1 aliphatic rings. The van der Waals surface area contributed by atoms with Gasteiger partial charge < -0.3 is 15.3 Å². The highest BCUT2D eigenvalue weighted by Crippen LogP contribution is 2.08. The van der Waals surface area contributed by atoms with E-state index in [1.807, 2.05) is 0 Å². The molecule has 3 nitrogen and oxygen atoms in total. The maximum atomic E-state index is 12.6. The molecule has 1 saturated heterocycles. The van der Waals surface area contributed by atoms with E-state index in [2.05, 4.69) is 0 Å². The van der Waals surface area contributed by atoms with E-state index in [1.165, 1.54) is 0 Å². The molecule has 2 atom stereocenters. The minimum atomic E-state index is -0.958. The molecule has 0 saturated carbocycles. The molecule has 0 aromatic carbocycles. The molecule has 0 aromatic heterocycles. The van der Waals surface area contributed by atoms with Gasteiger partial charge in [0.2, 0.25) is 0 Å². The van der Waals surface area contributed by atoms with Crippen molar-refractivity contribution in [3.05, 3.63) is 0 Å². The zero-order valence-electron chi connectivity index (χ0n) is 5.66. The molecule has 0 bridgehead atoms. The third kappa shape index (κ3) is 1.55. The maximum Gasteiger partial charge on any atom is 0.281 e. The van der Waals surface area contributed by atoms with Gasteiger partial charge in [-0.1, -0.05) is 0 Å². The first kappa shape index (κ1) is 7.69. The molecule has 5 heteroatoms. The Morgan fingerprint density at radius 1 is 1.70 bits per heavy atom. The molecule has 1 rings (SSSR count). The Hall–Kier alpha value is -0.415. The number of hydrogen-bond donors (Lipinski definition) is 1. The van der Waals surface area contributed by atoms with Crippen LogP contribution in [0.1, 0.15) is 0 Å². The molecule has 2 N–H and O–H groups in total. The monoisotopic (exact) mass is 144 g/mol. The molecule has 0 spiro atoms. The third-order valence-electron chi connectivity index (χ3n) is 1.70. The Kier molecular flexibility index (Phi) is 2.40. The molecule has 1 heterocycles. The Morgan fingerprint density at radius 2 is 2.40 bits per heavy atom. The number of halogens is 1. The van der Waals surface area contributed by atoms with Crippen LogP contribution < -0.4 is 5.73 Å². The molecular weight excluding hydrogens is 134 g/mol. The second-order valence-electron chi connectivity index (χ2n) is 2.57. The Labute approximate surface area is 59.6 Å². The highest BCUT2D eigenvalue weighted by Gasteiger charge is 2.29. The van der Waals surface area contributed by atoms with Gasteiger partial charge in [0, 0.05) is 19.1 Å². The molecule has 1 aliphatic heterocycles. The summed E-state index contributed by atoms with van der Waals surface area (Å²) >= 11 is 0. The fourth-order valence-corrected chi connectivity index (χ4v) is 1.12. The number of hydrogen-bond acceptors (Lipinski definition) is 3. The molecule has 56 valence electrons. The molecule has 0 amide bonds. The lowest BCUT2D eigenvalue weighted by Crippen LogP contribution is -2.31. The summed E-state index contributed by atoms with van der Waals surface area (Å²) < 4.78 is 12.6. The quantitative estimate of drug-likeness (QED) is 0.379. The Balaban J connectivity index is 2.33. The predicted molar refractivity (Wildman–Crippen MR) is 38.3 cm³/mol. The lowest BCUT2D eigenvalue weighted by atomic mass is 9.96. The first-order valence-electron chi connectivity index (χ1n) is 3.29. The molecule has 1 fully saturated rings. The van der Waals surface area contributed by atoms with Crippen molar-refractivity contribution in [3.8, 4) is 0 Å². The van der Waals surface area contributed by atoms with Crippen molar-refractivity contribution in [2.24, 2.45) is 5.73 Å². The van der Waals surface area contributed by atoms with Crippen LogP contribution in [0.3, 0.4) is 0 Å². The highest BCUT2D eigenvalue weighted by molar-refractivity contribution is 6.64. The average Bonchev–Trinajstić information content (AvgIpc) is 2.14. The van der Waals surface area contributed by atoms with Crippen LogP contribution in [0.5, 0.6) is 0 Å². The summed E-state index contributed by atoms with van der Waals surface area (Å²) in [6, 6.07) is -0.403. The summed E-state index contributed by atoms with van der Waals surface area (Å²) in [7, 11) is 0.300. The summed E-state index contributed by atoms with van der Waals surface area (Å²) in [5, 5.41) is 0. The second-order valence-corrected chi connectivity index (χ2v) is 2.57. The van der Waals surface area contributed by atoms with Gasteiger partial charge in [-0.05, 0) is 0 Å². The topological polar surface area (TPSA) is 46.3 Å². The van der Waals surface area contributed by atoms with Crippen molar-refractivity contribution in [2.45, 2.75) is 12.2 Å². The van der Waals surface area contributed by atoms with Crippen molar-refractivity contribution >= 4 is 13.6 Å². The van der Waals surface area contributed by atoms with Crippen molar-refractivity contribution in [2.75, 3.05) is 13.1 Å². The molecular formula is C5H10BFN2O. The van der Waals surface area contributed by atoms with Gasteiger partial charge in [0.15, 0.2) is 0 Å². The summed E-state index contributed by atoms with van der Waals surface area (Å²) in [5.74, 6) is 0. The van der Waals surface area contributed by atoms with E-state index in [9.17, 15) is 9.18 Å². The molecule has 0 aliphatic carbocycles. The van der Waals surface area contributed by atoms with Crippen LogP contribution in [-0.4, -0.2) is 43.7 Å². The average molecular weight is 144 g/mol. The smallest absolute Gasteiger partial charge is 0.281 e. The lowest BCUT2D eigenvalue weighted by molar-refractivity contribution is 0.324. The standard InChI is InChI=1S/C5H10BFN2O/c7-4-1-9(6-3-10)2-5(4)8/h3-6H,1-2,8H2/t4-,5+/m0/s1. The normalized spacial score (nSPS) is 34.2. The molecule has 0 unspecified atom stereocenters. The number of alkyl halides is 1. The van der Waals surface area contributed by atoms with E-state index >= 15 is 0 Å². The molecule has 0 radical (unpaired) electrons. The van der Waals surface area contributed by atoms with Gasteiger partial charge in [-0.2, -0.15) is 0 Å². The highest BCUT2D eigenvalue weighted by atomic mass is 19.1. The van der Waals surface area contributed by atoms with Crippen LogP contribution in [0, 0.1) is 0 Å². The SMILES string of the molecule is N[C@@H]1CN(BC=O)C[C@@H]1F. The van der Waals surface area contributed by atoms with Crippen LogP contribution in [-0.2, 0) is 4.79 Å². The fourth-order valence-electron chi connectivity index (χ4n) is 1.12. The van der Waals surface area contributed by atoms with E-state index in [4.69, 9.17) is 5.73 Å². The van der Waals surface area contributed by atoms with Crippen molar-refractivity contribution < 1.29 is 9.18 Å². The summed E-state index contributed by atoms with van der Waals surface area (Å²) in [5.41, 5.74) is 5.37. The maximum absolute atomic E-state index is 12.6. The predicted octanol–water partition coefficient (Wildman–Crippen LogP) is -1.49. The Bertz CT molecular complexity index is 125. The Morgan fingerprint density at radius 3 is 2.80 bits per heavy atom. The minimum Gasteiger partial charge on any atom is -0.335 e. The zero-order valence-corrected chi connectivity index (χ0v) is 5.66. The van der Waals surface area contributed by atoms with E-state index in [-0.39, 0.29) is 0 Å². The van der Waals surface area contributed by atoms with E-state index in [1.54, 1.807) is 4.81 Å². The van der Waals surface area contributed by atoms with Gasteiger partial charge in [0.05, 0.1) is 6.19 Å². The van der Waals surface area contributed by atoms with Crippen LogP contribution in [0.2, 0.25) is 0 Å². The van der Waals surface area contributed by atoms with E-state index < -0.39 is 12.2 Å². The van der Waals surface area contributed by atoms with Gasteiger partial charge >= 0.3 is 0 Å². The van der Waals surface area contributed by atoms with E-state index in [0.717, 1.165) is 6.19 Å². The second kappa shape index (κ2) is 3.12. The largest absolute Gasteiger partial charge is 0.335 e. The van der Waals surface area contributed by atoms with Gasteiger partial charge in [-0.3, -0.25) is 0 Å². The summed E-state index contributed by atoms with van der Waals surface area (Å²) in [6.45, 7) is 0.805. The van der Waals surface area contributed by atoms with E-state index in [0.29, 0.717) is 20.5 Å². The third-order valence-corrected chi connectivity index (χ3v) is 1.70. The molecule has 10 heavy (non-hydrogen) atoms. The summed E-state index contributed by atoms with van der Waals surface area (Å²) in [6.07, 6.45) is -0.190. The van der Waals surface area contributed by atoms with Gasteiger partial charge in [0.25, 0.3) is 7.41 Å². The number of nitrogens with two attached hydrogens (primary N) is 1. The van der Waals surface area contributed by atoms with Gasteiger partial charge in [-0.15, -0.1) is 0 Å². The van der Waals surface area contributed by atoms with Crippen molar-refractivity contribution in [1.29, 1.82) is 0 Å². The van der Waals surface area contributed by atoms with Crippen molar-refractivity contribution in [3.63, 3.8) is 0 Å². The summed E-state index contributed by atoms with van der Waals surface area (Å²) in [4.78, 5) is 11.7. The minimum absolute atomic E-state index is 0.300.